The van der Waals surface area contributed by atoms with Crippen molar-refractivity contribution in [1.29, 1.82) is 0 Å². The molecule has 134 valence electrons. The van der Waals surface area contributed by atoms with Crippen molar-refractivity contribution >= 4 is 33.4 Å². The molecular formula is C17H22N4O3S. The van der Waals surface area contributed by atoms with Crippen LogP contribution in [0.1, 0.15) is 23.8 Å². The summed E-state index contributed by atoms with van der Waals surface area (Å²) in [6, 6.07) is 0. The summed E-state index contributed by atoms with van der Waals surface area (Å²) in [5.74, 6) is 0.0502. The van der Waals surface area contributed by atoms with Gasteiger partial charge in [0, 0.05) is 19.0 Å². The molecule has 8 heteroatoms. The molecule has 2 aromatic heterocycles. The van der Waals surface area contributed by atoms with E-state index in [-0.39, 0.29) is 30.5 Å². The molecule has 1 aliphatic carbocycles. The minimum Gasteiger partial charge on any atom is -0.347 e. The Balaban J connectivity index is 1.81. The number of rotatable bonds is 4. The van der Waals surface area contributed by atoms with Crippen LogP contribution in [-0.2, 0) is 29.0 Å². The molecule has 0 spiro atoms. The van der Waals surface area contributed by atoms with Crippen molar-refractivity contribution in [3.8, 4) is 0 Å². The van der Waals surface area contributed by atoms with Gasteiger partial charge < -0.3 is 10.2 Å². The van der Waals surface area contributed by atoms with E-state index in [2.05, 4.69) is 17.2 Å². The molecule has 0 radical (unpaired) electrons. The van der Waals surface area contributed by atoms with Gasteiger partial charge >= 0.3 is 0 Å². The summed E-state index contributed by atoms with van der Waals surface area (Å²) in [6.45, 7) is 2.00. The molecule has 0 saturated heterocycles. The topological polar surface area (TPSA) is 84.3 Å². The van der Waals surface area contributed by atoms with Crippen LogP contribution < -0.4 is 10.9 Å². The third kappa shape index (κ3) is 3.58. The Morgan fingerprint density at radius 2 is 2.20 bits per heavy atom. The molecule has 7 nitrogen and oxygen atoms in total. The van der Waals surface area contributed by atoms with Gasteiger partial charge in [-0.2, -0.15) is 0 Å². The van der Waals surface area contributed by atoms with E-state index < -0.39 is 0 Å². The number of hydrogen-bond donors (Lipinski definition) is 1. The zero-order valence-corrected chi connectivity index (χ0v) is 15.5. The number of aryl methyl sites for hydroxylation is 1. The first-order chi connectivity index (χ1) is 11.9. The minimum absolute atomic E-state index is 0.0814. The predicted octanol–water partition coefficient (Wildman–Crippen LogP) is 0.787. The fourth-order valence-electron chi connectivity index (χ4n) is 3.02. The number of hydrogen-bond acceptors (Lipinski definition) is 5. The van der Waals surface area contributed by atoms with Crippen LogP contribution in [0.4, 0.5) is 0 Å². The molecule has 0 saturated carbocycles. The predicted molar refractivity (Wildman–Crippen MR) is 96.8 cm³/mol. The molecule has 25 heavy (non-hydrogen) atoms. The Kier molecular flexibility index (Phi) is 4.89. The summed E-state index contributed by atoms with van der Waals surface area (Å²) in [6.07, 6.45) is 4.37. The van der Waals surface area contributed by atoms with E-state index in [1.54, 1.807) is 25.4 Å². The SMILES string of the molecule is C[C@H]1CCc2c(sc3ncn(CC(=O)NCC(=O)N(C)C)c(=O)c23)C1. The van der Waals surface area contributed by atoms with Crippen LogP contribution in [0.15, 0.2) is 11.1 Å². The second-order valence-corrected chi connectivity index (χ2v) is 7.86. The van der Waals surface area contributed by atoms with E-state index in [1.165, 1.54) is 20.7 Å². The standard InChI is InChI=1S/C17H22N4O3S/c1-10-4-5-11-12(6-10)25-16-15(11)17(24)21(9-19-16)8-13(22)18-7-14(23)20(2)3/h9-10H,4-8H2,1-3H3,(H,18,22)/t10-/m0/s1. The van der Waals surface area contributed by atoms with Gasteiger partial charge in [-0.05, 0) is 30.7 Å². The van der Waals surface area contributed by atoms with Gasteiger partial charge in [0.05, 0.1) is 18.3 Å². The summed E-state index contributed by atoms with van der Waals surface area (Å²) in [5, 5.41) is 3.19. The van der Waals surface area contributed by atoms with Crippen molar-refractivity contribution < 1.29 is 9.59 Å². The van der Waals surface area contributed by atoms with E-state index in [4.69, 9.17) is 0 Å². The van der Waals surface area contributed by atoms with E-state index in [1.807, 2.05) is 0 Å². The summed E-state index contributed by atoms with van der Waals surface area (Å²) in [4.78, 5) is 44.1. The van der Waals surface area contributed by atoms with E-state index in [9.17, 15) is 14.4 Å². The van der Waals surface area contributed by atoms with Gasteiger partial charge in [0.2, 0.25) is 11.8 Å². The lowest BCUT2D eigenvalue weighted by Gasteiger charge is -2.17. The number of nitrogens with one attached hydrogen (secondary N) is 1. The molecule has 1 N–H and O–H groups in total. The van der Waals surface area contributed by atoms with Gasteiger partial charge in [0.1, 0.15) is 11.4 Å². The highest BCUT2D eigenvalue weighted by Crippen LogP contribution is 2.35. The molecule has 0 unspecified atom stereocenters. The lowest BCUT2D eigenvalue weighted by molar-refractivity contribution is -0.131. The first-order valence-electron chi connectivity index (χ1n) is 8.33. The molecule has 1 aliphatic rings. The lowest BCUT2D eigenvalue weighted by Crippen LogP contribution is -2.39. The maximum Gasteiger partial charge on any atom is 0.262 e. The average molecular weight is 362 g/mol. The van der Waals surface area contributed by atoms with Crippen LogP contribution in [-0.4, -0.2) is 46.9 Å². The Labute approximate surface area is 149 Å². The van der Waals surface area contributed by atoms with E-state index >= 15 is 0 Å². The zero-order chi connectivity index (χ0) is 18.1. The normalized spacial score (nSPS) is 16.5. The monoisotopic (exact) mass is 362 g/mol. The lowest BCUT2D eigenvalue weighted by atomic mass is 9.89. The molecule has 3 rings (SSSR count). The van der Waals surface area contributed by atoms with Gasteiger partial charge in [-0.15, -0.1) is 11.3 Å². The van der Waals surface area contributed by atoms with Crippen molar-refractivity contribution in [3.63, 3.8) is 0 Å². The summed E-state index contributed by atoms with van der Waals surface area (Å²) in [5.41, 5.74) is 0.930. The summed E-state index contributed by atoms with van der Waals surface area (Å²) >= 11 is 1.59. The highest BCUT2D eigenvalue weighted by atomic mass is 32.1. The summed E-state index contributed by atoms with van der Waals surface area (Å²) in [7, 11) is 3.24. The molecule has 2 heterocycles. The van der Waals surface area contributed by atoms with Gasteiger partial charge in [0.25, 0.3) is 5.56 Å². The minimum atomic E-state index is -0.379. The largest absolute Gasteiger partial charge is 0.347 e. The molecular weight excluding hydrogens is 340 g/mol. The Morgan fingerprint density at radius 1 is 1.44 bits per heavy atom. The number of carbonyl (C=O) groups is 2. The fourth-order valence-corrected chi connectivity index (χ4v) is 4.36. The van der Waals surface area contributed by atoms with Crippen LogP contribution in [0, 0.1) is 5.92 Å². The molecule has 0 aliphatic heterocycles. The van der Waals surface area contributed by atoms with Crippen LogP contribution in [0.3, 0.4) is 0 Å². The second-order valence-electron chi connectivity index (χ2n) is 6.77. The van der Waals surface area contributed by atoms with Crippen molar-refractivity contribution in [2.75, 3.05) is 20.6 Å². The van der Waals surface area contributed by atoms with Crippen molar-refractivity contribution in [2.24, 2.45) is 5.92 Å². The van der Waals surface area contributed by atoms with E-state index in [0.717, 1.165) is 29.7 Å². The average Bonchev–Trinajstić information content (AvgIpc) is 2.93. The highest BCUT2D eigenvalue weighted by molar-refractivity contribution is 7.18. The van der Waals surface area contributed by atoms with Crippen molar-refractivity contribution in [2.45, 2.75) is 32.7 Å². The molecule has 0 fully saturated rings. The maximum absolute atomic E-state index is 12.8. The number of aromatic nitrogens is 2. The van der Waals surface area contributed by atoms with Crippen molar-refractivity contribution in [3.05, 3.63) is 27.1 Å². The Morgan fingerprint density at radius 3 is 2.92 bits per heavy atom. The third-order valence-electron chi connectivity index (χ3n) is 4.53. The van der Waals surface area contributed by atoms with Gasteiger partial charge in [-0.1, -0.05) is 6.92 Å². The number of fused-ring (bicyclic) bond motifs is 3. The highest BCUT2D eigenvalue weighted by Gasteiger charge is 2.23. The van der Waals surface area contributed by atoms with E-state index in [0.29, 0.717) is 11.3 Å². The Bertz CT molecular complexity index is 884. The smallest absolute Gasteiger partial charge is 0.262 e. The molecule has 2 aromatic rings. The van der Waals surface area contributed by atoms with Crippen LogP contribution >= 0.6 is 11.3 Å². The van der Waals surface area contributed by atoms with Crippen LogP contribution in [0.25, 0.3) is 10.2 Å². The first-order valence-corrected chi connectivity index (χ1v) is 9.15. The molecule has 0 aromatic carbocycles. The van der Waals surface area contributed by atoms with Crippen LogP contribution in [0.2, 0.25) is 0 Å². The first kappa shape index (κ1) is 17.6. The quantitative estimate of drug-likeness (QED) is 0.871. The second kappa shape index (κ2) is 6.95. The van der Waals surface area contributed by atoms with Gasteiger partial charge in [-0.3, -0.25) is 19.0 Å². The number of amides is 2. The Hall–Kier alpha value is -2.22. The number of thiophene rings is 1. The molecule has 2 amide bonds. The molecule has 1 atom stereocenters. The van der Waals surface area contributed by atoms with Gasteiger partial charge in [0.15, 0.2) is 0 Å². The third-order valence-corrected chi connectivity index (χ3v) is 5.69. The van der Waals surface area contributed by atoms with Gasteiger partial charge in [-0.25, -0.2) is 4.98 Å². The van der Waals surface area contributed by atoms with Crippen molar-refractivity contribution in [1.82, 2.24) is 19.8 Å². The number of nitrogens with zero attached hydrogens (tertiary/aromatic N) is 3. The maximum atomic E-state index is 12.8. The number of likely N-dealkylation sites (N-methyl/N-ethyl adjacent to an activating group) is 1. The zero-order valence-electron chi connectivity index (χ0n) is 14.7. The number of carbonyl (C=O) groups excluding carboxylic acids is 2. The molecule has 0 bridgehead atoms. The summed E-state index contributed by atoms with van der Waals surface area (Å²) < 4.78 is 1.32. The fraction of sp³-hybridized carbons (Fsp3) is 0.529. The van der Waals surface area contributed by atoms with Crippen LogP contribution in [0.5, 0.6) is 0 Å².